The number of carbonyl (C=O) groups is 1. The second-order valence-electron chi connectivity index (χ2n) is 5.74. The van der Waals surface area contributed by atoms with E-state index >= 15 is 0 Å². The third-order valence-corrected chi connectivity index (χ3v) is 4.04. The van der Waals surface area contributed by atoms with Crippen LogP contribution < -0.4 is 14.8 Å². The molecule has 3 aromatic carbocycles. The summed E-state index contributed by atoms with van der Waals surface area (Å²) in [6.45, 7) is 2.05. The summed E-state index contributed by atoms with van der Waals surface area (Å²) in [6, 6.07) is 22.4. The van der Waals surface area contributed by atoms with E-state index in [2.05, 4.69) is 5.32 Å². The van der Waals surface area contributed by atoms with Crippen molar-refractivity contribution in [1.29, 1.82) is 0 Å². The van der Waals surface area contributed by atoms with Gasteiger partial charge >= 0.3 is 0 Å². The number of carbonyl (C=O) groups excluding carboxylic acids is 1. The van der Waals surface area contributed by atoms with Gasteiger partial charge in [-0.25, -0.2) is 0 Å². The van der Waals surface area contributed by atoms with Crippen LogP contribution in [-0.2, 0) is 6.42 Å². The minimum absolute atomic E-state index is 0.214. The topological polar surface area (TPSA) is 47.6 Å². The van der Waals surface area contributed by atoms with E-state index in [1.54, 1.807) is 19.2 Å². The van der Waals surface area contributed by atoms with Gasteiger partial charge in [0.2, 0.25) is 0 Å². The molecule has 1 N–H and O–H groups in total. The number of nitrogens with one attached hydrogen (secondary N) is 1. The van der Waals surface area contributed by atoms with Crippen molar-refractivity contribution in [2.45, 2.75) is 13.3 Å². The molecular weight excluding hydrogens is 326 g/mol. The molecule has 0 aliphatic rings. The molecule has 26 heavy (non-hydrogen) atoms. The van der Waals surface area contributed by atoms with E-state index in [9.17, 15) is 4.79 Å². The fourth-order valence-corrected chi connectivity index (χ4v) is 2.69. The van der Waals surface area contributed by atoms with Gasteiger partial charge in [0.25, 0.3) is 5.91 Å². The first-order chi connectivity index (χ1) is 12.7. The number of anilines is 1. The number of hydrogen-bond donors (Lipinski definition) is 1. The van der Waals surface area contributed by atoms with Crippen molar-refractivity contribution < 1.29 is 14.3 Å². The van der Waals surface area contributed by atoms with Gasteiger partial charge in [-0.1, -0.05) is 43.3 Å². The fourth-order valence-electron chi connectivity index (χ4n) is 2.69. The molecule has 0 saturated heterocycles. The maximum Gasteiger partial charge on any atom is 0.259 e. The maximum absolute atomic E-state index is 12.7. The molecule has 132 valence electrons. The van der Waals surface area contributed by atoms with Crippen LogP contribution in [0.1, 0.15) is 22.8 Å². The van der Waals surface area contributed by atoms with Crippen molar-refractivity contribution in [2.75, 3.05) is 12.4 Å². The number of aryl methyl sites for hydroxylation is 1. The summed E-state index contributed by atoms with van der Waals surface area (Å²) < 4.78 is 11.2. The third-order valence-electron chi connectivity index (χ3n) is 4.04. The average molecular weight is 347 g/mol. The zero-order valence-corrected chi connectivity index (χ0v) is 14.9. The zero-order chi connectivity index (χ0) is 18.4. The van der Waals surface area contributed by atoms with Gasteiger partial charge in [-0.05, 0) is 42.3 Å². The predicted octanol–water partition coefficient (Wildman–Crippen LogP) is 5.30. The van der Waals surface area contributed by atoms with Gasteiger partial charge in [0.05, 0.1) is 12.7 Å². The third kappa shape index (κ3) is 4.03. The number of methoxy groups -OCH3 is 1. The van der Waals surface area contributed by atoms with Gasteiger partial charge in [0, 0.05) is 11.8 Å². The number of benzene rings is 3. The number of para-hydroxylation sites is 2. The Bertz CT molecular complexity index is 891. The van der Waals surface area contributed by atoms with Gasteiger partial charge < -0.3 is 14.8 Å². The smallest absolute Gasteiger partial charge is 0.259 e. The van der Waals surface area contributed by atoms with Crippen molar-refractivity contribution in [3.63, 3.8) is 0 Å². The first-order valence-corrected chi connectivity index (χ1v) is 8.51. The van der Waals surface area contributed by atoms with Crippen LogP contribution in [-0.4, -0.2) is 13.0 Å². The fraction of sp³-hybridized carbons (Fsp3) is 0.136. The van der Waals surface area contributed by atoms with Crippen LogP contribution in [0.3, 0.4) is 0 Å². The summed E-state index contributed by atoms with van der Waals surface area (Å²) in [5.74, 6) is 1.75. The summed E-state index contributed by atoms with van der Waals surface area (Å²) in [5.41, 5.74) is 2.26. The van der Waals surface area contributed by atoms with Gasteiger partial charge in [-0.3, -0.25) is 4.79 Å². The lowest BCUT2D eigenvalue weighted by atomic mass is 10.1. The molecule has 4 heteroatoms. The monoisotopic (exact) mass is 347 g/mol. The van der Waals surface area contributed by atoms with Crippen molar-refractivity contribution in [1.82, 2.24) is 0 Å². The maximum atomic E-state index is 12.7. The number of hydrogen-bond acceptors (Lipinski definition) is 3. The van der Waals surface area contributed by atoms with Crippen molar-refractivity contribution in [3.05, 3.63) is 83.9 Å². The molecule has 3 aromatic rings. The number of rotatable bonds is 6. The summed E-state index contributed by atoms with van der Waals surface area (Å²) in [7, 11) is 1.55. The lowest BCUT2D eigenvalue weighted by Crippen LogP contribution is -2.14. The van der Waals surface area contributed by atoms with Crippen LogP contribution in [0.15, 0.2) is 72.8 Å². The quantitative estimate of drug-likeness (QED) is 0.658. The lowest BCUT2D eigenvalue weighted by molar-refractivity contribution is 0.102. The molecule has 0 aliphatic carbocycles. The molecule has 3 rings (SSSR count). The Morgan fingerprint density at radius 2 is 1.65 bits per heavy atom. The Morgan fingerprint density at radius 1 is 0.923 bits per heavy atom. The molecule has 4 nitrogen and oxygen atoms in total. The van der Waals surface area contributed by atoms with E-state index in [4.69, 9.17) is 9.47 Å². The summed E-state index contributed by atoms with van der Waals surface area (Å²) in [6.07, 6.45) is 0.799. The molecular formula is C22H21NO3. The second kappa shape index (κ2) is 8.21. The van der Waals surface area contributed by atoms with Gasteiger partial charge in [0.1, 0.15) is 17.2 Å². The Labute approximate surface area is 153 Å². The van der Waals surface area contributed by atoms with Crippen molar-refractivity contribution >= 4 is 11.6 Å². The highest BCUT2D eigenvalue weighted by molar-refractivity contribution is 6.06. The number of ether oxygens (including phenoxy) is 2. The molecule has 0 bridgehead atoms. The predicted molar refractivity (Wildman–Crippen MR) is 103 cm³/mol. The van der Waals surface area contributed by atoms with Crippen LogP contribution in [0.5, 0.6) is 17.2 Å². The minimum atomic E-state index is -0.214. The molecule has 0 radical (unpaired) electrons. The molecule has 0 saturated carbocycles. The SMILES string of the molecule is CCc1ccc(Oc2ccccc2)cc1NC(=O)c1ccccc1OC. The van der Waals surface area contributed by atoms with Crippen LogP contribution in [0.4, 0.5) is 5.69 Å². The highest BCUT2D eigenvalue weighted by atomic mass is 16.5. The largest absolute Gasteiger partial charge is 0.496 e. The molecule has 0 heterocycles. The summed E-state index contributed by atoms with van der Waals surface area (Å²) in [4.78, 5) is 12.7. The molecule has 1 amide bonds. The number of amides is 1. The zero-order valence-electron chi connectivity index (χ0n) is 14.9. The first kappa shape index (κ1) is 17.5. The van der Waals surface area contributed by atoms with Crippen LogP contribution in [0.25, 0.3) is 0 Å². The van der Waals surface area contributed by atoms with E-state index in [-0.39, 0.29) is 5.91 Å². The highest BCUT2D eigenvalue weighted by Gasteiger charge is 2.14. The van der Waals surface area contributed by atoms with E-state index < -0.39 is 0 Å². The molecule has 0 spiro atoms. The summed E-state index contributed by atoms with van der Waals surface area (Å²) >= 11 is 0. The minimum Gasteiger partial charge on any atom is -0.496 e. The summed E-state index contributed by atoms with van der Waals surface area (Å²) in [5, 5.41) is 2.98. The lowest BCUT2D eigenvalue weighted by Gasteiger charge is -2.14. The molecule has 0 aliphatic heterocycles. The van der Waals surface area contributed by atoms with Gasteiger partial charge in [-0.15, -0.1) is 0 Å². The van der Waals surface area contributed by atoms with Crippen molar-refractivity contribution in [3.8, 4) is 17.2 Å². The second-order valence-corrected chi connectivity index (χ2v) is 5.74. The Morgan fingerprint density at radius 3 is 2.38 bits per heavy atom. The first-order valence-electron chi connectivity index (χ1n) is 8.51. The van der Waals surface area contributed by atoms with E-state index in [0.29, 0.717) is 17.1 Å². The highest BCUT2D eigenvalue weighted by Crippen LogP contribution is 2.28. The molecule has 0 atom stereocenters. The normalized spacial score (nSPS) is 10.2. The van der Waals surface area contributed by atoms with Gasteiger partial charge in [0.15, 0.2) is 0 Å². The Balaban J connectivity index is 1.86. The van der Waals surface area contributed by atoms with E-state index in [0.717, 1.165) is 23.4 Å². The van der Waals surface area contributed by atoms with Crippen LogP contribution >= 0.6 is 0 Å². The van der Waals surface area contributed by atoms with Crippen LogP contribution in [0, 0.1) is 0 Å². The van der Waals surface area contributed by atoms with Gasteiger partial charge in [-0.2, -0.15) is 0 Å². The molecule has 0 fully saturated rings. The standard InChI is InChI=1S/C22H21NO3/c1-3-16-13-14-18(26-17-9-5-4-6-10-17)15-20(16)23-22(24)19-11-7-8-12-21(19)25-2/h4-15H,3H2,1-2H3,(H,23,24). The van der Waals surface area contributed by atoms with Crippen molar-refractivity contribution in [2.24, 2.45) is 0 Å². The Kier molecular flexibility index (Phi) is 5.54. The molecule has 0 unspecified atom stereocenters. The van der Waals surface area contributed by atoms with Crippen LogP contribution in [0.2, 0.25) is 0 Å². The van der Waals surface area contributed by atoms with E-state index in [1.165, 1.54) is 0 Å². The molecule has 0 aromatic heterocycles. The Hall–Kier alpha value is -3.27. The average Bonchev–Trinajstić information content (AvgIpc) is 2.69. The van der Waals surface area contributed by atoms with E-state index in [1.807, 2.05) is 67.6 Å².